The van der Waals surface area contributed by atoms with E-state index in [1.807, 2.05) is 32.0 Å². The van der Waals surface area contributed by atoms with Crippen LogP contribution < -0.4 is 11.1 Å². The molecule has 0 radical (unpaired) electrons. The van der Waals surface area contributed by atoms with Gasteiger partial charge in [0.15, 0.2) is 17.3 Å². The Morgan fingerprint density at radius 1 is 1.20 bits per heavy atom. The van der Waals surface area contributed by atoms with Crippen LogP contribution in [0.25, 0.3) is 27.7 Å². The fourth-order valence-electron chi connectivity index (χ4n) is 2.97. The molecular weight excluding hydrogens is 321 g/mol. The molecule has 0 amide bonds. The topological polar surface area (TPSA) is 81.9 Å². The quantitative estimate of drug-likeness (QED) is 0.596. The molecule has 0 spiro atoms. The van der Waals surface area contributed by atoms with E-state index in [1.54, 1.807) is 10.9 Å². The van der Waals surface area contributed by atoms with Gasteiger partial charge in [0.2, 0.25) is 0 Å². The smallest absolute Gasteiger partial charge is 0.192 e. The summed E-state index contributed by atoms with van der Waals surface area (Å²) in [4.78, 5) is 4.37. The lowest BCUT2D eigenvalue weighted by Gasteiger charge is -2.04. The van der Waals surface area contributed by atoms with Crippen LogP contribution in [-0.4, -0.2) is 27.9 Å². The molecule has 0 saturated carbocycles. The van der Waals surface area contributed by atoms with E-state index < -0.39 is 0 Å². The number of benzene rings is 2. The molecule has 0 aliphatic heterocycles. The van der Waals surface area contributed by atoms with Crippen molar-refractivity contribution >= 4 is 27.7 Å². The predicted octanol–water partition coefficient (Wildman–Crippen LogP) is 3.29. The minimum Gasteiger partial charge on any atom is -0.441 e. The number of halogens is 1. The van der Waals surface area contributed by atoms with Crippen LogP contribution >= 0.6 is 0 Å². The van der Waals surface area contributed by atoms with Crippen LogP contribution in [-0.2, 0) is 0 Å². The molecule has 7 heteroatoms. The third-order valence-electron chi connectivity index (χ3n) is 4.08. The molecule has 4 aromatic rings. The first-order valence-electron chi connectivity index (χ1n) is 8.06. The van der Waals surface area contributed by atoms with E-state index in [1.165, 1.54) is 6.07 Å². The standard InChI is InChI=1S/C18H18FN5O/c1-10-5-14(8-16-17(10)22-11(2)25-16)24-9-12-6-13(21-4-3-20)7-15(19)18(12)23-24/h5-9,21H,3-4,20H2,1-2H3. The number of hydrogen-bond donors (Lipinski definition) is 2. The van der Waals surface area contributed by atoms with Gasteiger partial charge in [-0.1, -0.05) is 0 Å². The maximum absolute atomic E-state index is 14.4. The van der Waals surface area contributed by atoms with E-state index in [9.17, 15) is 4.39 Å². The highest BCUT2D eigenvalue weighted by Crippen LogP contribution is 2.26. The van der Waals surface area contributed by atoms with Crippen molar-refractivity contribution in [3.8, 4) is 5.69 Å². The van der Waals surface area contributed by atoms with Crippen molar-refractivity contribution in [3.63, 3.8) is 0 Å². The highest BCUT2D eigenvalue weighted by molar-refractivity contribution is 5.84. The Morgan fingerprint density at radius 3 is 2.84 bits per heavy atom. The molecule has 128 valence electrons. The number of rotatable bonds is 4. The molecule has 0 aliphatic carbocycles. The van der Waals surface area contributed by atoms with Gasteiger partial charge >= 0.3 is 0 Å². The predicted molar refractivity (Wildman–Crippen MR) is 95.6 cm³/mol. The zero-order chi connectivity index (χ0) is 17.6. The number of fused-ring (bicyclic) bond motifs is 2. The van der Waals surface area contributed by atoms with Crippen molar-refractivity contribution in [2.45, 2.75) is 13.8 Å². The van der Waals surface area contributed by atoms with Crippen LogP contribution in [0.1, 0.15) is 11.5 Å². The maximum atomic E-state index is 14.4. The molecule has 0 atom stereocenters. The summed E-state index contributed by atoms with van der Waals surface area (Å²) >= 11 is 0. The molecule has 6 nitrogen and oxygen atoms in total. The zero-order valence-electron chi connectivity index (χ0n) is 14.0. The summed E-state index contributed by atoms with van der Waals surface area (Å²) in [7, 11) is 0. The van der Waals surface area contributed by atoms with Crippen molar-refractivity contribution in [2.24, 2.45) is 5.73 Å². The monoisotopic (exact) mass is 339 g/mol. The number of anilines is 1. The van der Waals surface area contributed by atoms with Gasteiger partial charge in [-0.25, -0.2) is 14.1 Å². The molecule has 0 aliphatic rings. The van der Waals surface area contributed by atoms with Crippen molar-refractivity contribution in [2.75, 3.05) is 18.4 Å². The summed E-state index contributed by atoms with van der Waals surface area (Å²) in [6.07, 6.45) is 1.80. The number of nitrogens with one attached hydrogen (secondary N) is 1. The first-order valence-corrected chi connectivity index (χ1v) is 8.06. The van der Waals surface area contributed by atoms with E-state index in [2.05, 4.69) is 15.4 Å². The van der Waals surface area contributed by atoms with Gasteiger partial charge in [-0.05, 0) is 30.7 Å². The number of nitrogens with two attached hydrogens (primary N) is 1. The highest BCUT2D eigenvalue weighted by Gasteiger charge is 2.12. The average Bonchev–Trinajstić information content (AvgIpc) is 3.16. The van der Waals surface area contributed by atoms with E-state index in [0.717, 1.165) is 16.8 Å². The second kappa shape index (κ2) is 5.86. The molecular formula is C18H18FN5O. The Labute approximate surface area is 143 Å². The Kier molecular flexibility index (Phi) is 3.65. The van der Waals surface area contributed by atoms with Gasteiger partial charge < -0.3 is 15.5 Å². The summed E-state index contributed by atoms with van der Waals surface area (Å²) in [5.74, 6) is 0.242. The number of aryl methyl sites for hydroxylation is 2. The van der Waals surface area contributed by atoms with Gasteiger partial charge in [0, 0.05) is 43.4 Å². The van der Waals surface area contributed by atoms with Crippen LogP contribution in [0.2, 0.25) is 0 Å². The van der Waals surface area contributed by atoms with Gasteiger partial charge in [0.1, 0.15) is 11.0 Å². The summed E-state index contributed by atoms with van der Waals surface area (Å²) < 4.78 is 21.6. The SMILES string of the molecule is Cc1nc2c(C)cc(-n3cc4cc(NCCN)cc(F)c4n3)cc2o1. The second-order valence-corrected chi connectivity index (χ2v) is 6.03. The fourth-order valence-corrected chi connectivity index (χ4v) is 2.97. The minimum atomic E-state index is -0.371. The Morgan fingerprint density at radius 2 is 2.04 bits per heavy atom. The second-order valence-electron chi connectivity index (χ2n) is 6.03. The number of oxazole rings is 1. The summed E-state index contributed by atoms with van der Waals surface area (Å²) in [6, 6.07) is 7.12. The van der Waals surface area contributed by atoms with Gasteiger partial charge in [-0.15, -0.1) is 0 Å². The van der Waals surface area contributed by atoms with Crippen LogP contribution in [0.5, 0.6) is 0 Å². The molecule has 2 aromatic heterocycles. The molecule has 25 heavy (non-hydrogen) atoms. The van der Waals surface area contributed by atoms with Gasteiger partial charge in [-0.3, -0.25) is 0 Å². The molecule has 2 heterocycles. The van der Waals surface area contributed by atoms with Crippen molar-refractivity contribution in [3.05, 3.63) is 47.7 Å². The first kappa shape index (κ1) is 15.6. The number of aromatic nitrogens is 3. The van der Waals surface area contributed by atoms with E-state index in [-0.39, 0.29) is 5.82 Å². The van der Waals surface area contributed by atoms with E-state index in [4.69, 9.17) is 10.2 Å². The maximum Gasteiger partial charge on any atom is 0.192 e. The average molecular weight is 339 g/mol. The summed E-state index contributed by atoms with van der Waals surface area (Å²) in [5, 5.41) is 8.19. The summed E-state index contributed by atoms with van der Waals surface area (Å²) in [5.41, 5.74) is 9.80. The van der Waals surface area contributed by atoms with Gasteiger partial charge in [0.25, 0.3) is 0 Å². The molecule has 0 fully saturated rings. The van der Waals surface area contributed by atoms with Crippen LogP contribution in [0, 0.1) is 19.7 Å². The van der Waals surface area contributed by atoms with Crippen LogP contribution in [0.4, 0.5) is 10.1 Å². The number of hydrogen-bond acceptors (Lipinski definition) is 5. The Balaban J connectivity index is 1.82. The molecule has 0 saturated heterocycles. The Bertz CT molecular complexity index is 1080. The molecule has 4 rings (SSSR count). The van der Waals surface area contributed by atoms with Crippen molar-refractivity contribution in [1.29, 1.82) is 0 Å². The lowest BCUT2D eigenvalue weighted by Crippen LogP contribution is -2.13. The largest absolute Gasteiger partial charge is 0.441 e. The molecule has 0 bridgehead atoms. The zero-order valence-corrected chi connectivity index (χ0v) is 14.0. The molecule has 0 unspecified atom stereocenters. The lowest BCUT2D eigenvalue weighted by molar-refractivity contribution is 0.561. The molecule has 2 aromatic carbocycles. The van der Waals surface area contributed by atoms with Gasteiger partial charge in [0.05, 0.1) is 5.69 Å². The minimum absolute atomic E-state index is 0.324. The first-order chi connectivity index (χ1) is 12.0. The number of nitrogens with zero attached hydrogens (tertiary/aromatic N) is 3. The lowest BCUT2D eigenvalue weighted by atomic mass is 10.2. The normalized spacial score (nSPS) is 11.5. The van der Waals surface area contributed by atoms with E-state index >= 15 is 0 Å². The third kappa shape index (κ3) is 2.72. The summed E-state index contributed by atoms with van der Waals surface area (Å²) in [6.45, 7) is 4.84. The van der Waals surface area contributed by atoms with E-state index in [0.29, 0.717) is 41.2 Å². The third-order valence-corrected chi connectivity index (χ3v) is 4.08. The van der Waals surface area contributed by atoms with Crippen molar-refractivity contribution < 1.29 is 8.81 Å². The Hall–Kier alpha value is -2.93. The van der Waals surface area contributed by atoms with Crippen LogP contribution in [0.3, 0.4) is 0 Å². The van der Waals surface area contributed by atoms with Gasteiger partial charge in [-0.2, -0.15) is 5.10 Å². The fraction of sp³-hybridized carbons (Fsp3) is 0.222. The van der Waals surface area contributed by atoms with Crippen molar-refractivity contribution in [1.82, 2.24) is 14.8 Å². The molecule has 3 N–H and O–H groups in total. The highest BCUT2D eigenvalue weighted by atomic mass is 19.1. The van der Waals surface area contributed by atoms with Crippen LogP contribution in [0.15, 0.2) is 34.9 Å².